The van der Waals surface area contributed by atoms with E-state index in [9.17, 15) is 4.79 Å². The van der Waals surface area contributed by atoms with Crippen LogP contribution in [-0.2, 0) is 6.61 Å². The third-order valence-electron chi connectivity index (χ3n) is 4.95. The number of thiazole rings is 1. The summed E-state index contributed by atoms with van der Waals surface area (Å²) in [5.41, 5.74) is 3.57. The number of hydrogen-bond donors (Lipinski definition) is 0. The smallest absolute Gasteiger partial charge is 0.274 e. The first kappa shape index (κ1) is 19.3. The van der Waals surface area contributed by atoms with Gasteiger partial charge in [-0.1, -0.05) is 59.9 Å². The zero-order chi connectivity index (χ0) is 21.2. The Balaban J connectivity index is 1.50. The van der Waals surface area contributed by atoms with Gasteiger partial charge in [-0.15, -0.1) is 0 Å². The summed E-state index contributed by atoms with van der Waals surface area (Å²) in [6.07, 6.45) is 1.87. The van der Waals surface area contributed by atoms with Gasteiger partial charge in [0.05, 0.1) is 22.2 Å². The lowest BCUT2D eigenvalue weighted by molar-refractivity contribution is 0.269. The van der Waals surface area contributed by atoms with Crippen molar-refractivity contribution in [2.45, 2.75) is 13.5 Å². The van der Waals surface area contributed by atoms with E-state index in [0.717, 1.165) is 22.2 Å². The van der Waals surface area contributed by atoms with Crippen molar-refractivity contribution in [2.75, 3.05) is 6.61 Å². The minimum atomic E-state index is -0.0592. The lowest BCUT2D eigenvalue weighted by Gasteiger charge is -2.12. The van der Waals surface area contributed by atoms with E-state index in [1.165, 1.54) is 11.3 Å². The molecule has 0 aliphatic rings. The van der Waals surface area contributed by atoms with Crippen LogP contribution in [0.4, 0.5) is 0 Å². The van der Waals surface area contributed by atoms with Crippen LogP contribution in [-0.4, -0.2) is 16.0 Å². The Morgan fingerprint density at radius 2 is 1.77 bits per heavy atom. The number of nitrogens with zero attached hydrogens (tertiary/aromatic N) is 2. The van der Waals surface area contributed by atoms with Crippen LogP contribution >= 0.6 is 11.3 Å². The molecule has 0 atom stereocenters. The maximum Gasteiger partial charge on any atom is 0.274 e. The summed E-state index contributed by atoms with van der Waals surface area (Å²) in [7, 11) is 0. The van der Waals surface area contributed by atoms with E-state index < -0.39 is 0 Å². The van der Waals surface area contributed by atoms with Crippen molar-refractivity contribution in [1.82, 2.24) is 9.38 Å². The number of benzene rings is 3. The SMILES string of the molecule is CCOc1cc(C=c2sc3nc4ccccc4n3c2=O)ccc1OCc1ccccc1. The summed E-state index contributed by atoms with van der Waals surface area (Å²) in [4.78, 5) is 18.3. The Hall–Kier alpha value is -3.64. The van der Waals surface area contributed by atoms with Gasteiger partial charge in [0.25, 0.3) is 5.56 Å². The van der Waals surface area contributed by atoms with Crippen molar-refractivity contribution in [3.63, 3.8) is 0 Å². The molecule has 0 bridgehead atoms. The number of ether oxygens (including phenoxy) is 2. The van der Waals surface area contributed by atoms with Gasteiger partial charge in [-0.05, 0) is 48.4 Å². The third-order valence-corrected chi connectivity index (χ3v) is 5.92. The van der Waals surface area contributed by atoms with Crippen LogP contribution in [0.5, 0.6) is 11.5 Å². The molecule has 0 aliphatic heterocycles. The van der Waals surface area contributed by atoms with E-state index in [-0.39, 0.29) is 5.56 Å². The Kier molecular flexibility index (Phi) is 5.14. The maximum atomic E-state index is 13.0. The van der Waals surface area contributed by atoms with Gasteiger partial charge < -0.3 is 9.47 Å². The number of para-hydroxylation sites is 2. The minimum absolute atomic E-state index is 0.0592. The summed E-state index contributed by atoms with van der Waals surface area (Å²) in [6.45, 7) is 2.92. The molecule has 0 radical (unpaired) electrons. The van der Waals surface area contributed by atoms with E-state index in [0.29, 0.717) is 34.2 Å². The van der Waals surface area contributed by atoms with Gasteiger partial charge in [0.15, 0.2) is 16.5 Å². The molecule has 3 aromatic carbocycles. The molecule has 0 amide bonds. The van der Waals surface area contributed by atoms with Crippen LogP contribution in [0.15, 0.2) is 77.6 Å². The van der Waals surface area contributed by atoms with Crippen molar-refractivity contribution in [2.24, 2.45) is 0 Å². The quantitative estimate of drug-likeness (QED) is 0.401. The molecule has 5 rings (SSSR count). The zero-order valence-corrected chi connectivity index (χ0v) is 17.8. The highest BCUT2D eigenvalue weighted by molar-refractivity contribution is 7.15. The lowest BCUT2D eigenvalue weighted by Crippen LogP contribution is -2.22. The zero-order valence-electron chi connectivity index (χ0n) is 16.9. The third kappa shape index (κ3) is 3.78. The average Bonchev–Trinajstić information content (AvgIpc) is 3.30. The summed E-state index contributed by atoms with van der Waals surface area (Å²) < 4.78 is 14.1. The molecule has 0 saturated heterocycles. The van der Waals surface area contributed by atoms with Crippen LogP contribution in [0.1, 0.15) is 18.1 Å². The summed E-state index contributed by atoms with van der Waals surface area (Å²) in [5, 5.41) is 0. The molecule has 154 valence electrons. The highest BCUT2D eigenvalue weighted by Crippen LogP contribution is 2.29. The van der Waals surface area contributed by atoms with Crippen molar-refractivity contribution < 1.29 is 9.47 Å². The van der Waals surface area contributed by atoms with Gasteiger partial charge in [-0.25, -0.2) is 9.38 Å². The van der Waals surface area contributed by atoms with Crippen molar-refractivity contribution >= 4 is 33.4 Å². The molecule has 0 N–H and O–H groups in total. The molecule has 0 spiro atoms. The Labute approximate surface area is 182 Å². The standard InChI is InChI=1S/C25H20N2O3S/c1-2-29-22-14-18(12-13-21(22)30-16-17-8-4-3-5-9-17)15-23-24(28)27-20-11-7-6-10-19(20)26-25(27)31-23/h3-15H,2,16H2,1H3. The van der Waals surface area contributed by atoms with Crippen LogP contribution < -0.4 is 19.6 Å². The minimum Gasteiger partial charge on any atom is -0.490 e. The molecule has 0 unspecified atom stereocenters. The number of aromatic nitrogens is 2. The fraction of sp³-hybridized carbons (Fsp3) is 0.120. The van der Waals surface area contributed by atoms with E-state index >= 15 is 0 Å². The predicted octanol–water partition coefficient (Wildman–Crippen LogP) is 4.43. The number of fused-ring (bicyclic) bond motifs is 3. The first-order chi connectivity index (χ1) is 15.2. The molecule has 5 aromatic rings. The molecule has 0 fully saturated rings. The predicted molar refractivity (Wildman–Crippen MR) is 124 cm³/mol. The number of rotatable bonds is 6. The second kappa shape index (κ2) is 8.24. The van der Waals surface area contributed by atoms with Gasteiger partial charge in [-0.3, -0.25) is 4.79 Å². The maximum absolute atomic E-state index is 13.0. The molecular formula is C25H20N2O3S. The first-order valence-corrected chi connectivity index (χ1v) is 10.9. The molecule has 0 saturated carbocycles. The van der Waals surface area contributed by atoms with E-state index in [2.05, 4.69) is 4.98 Å². The highest BCUT2D eigenvalue weighted by atomic mass is 32.1. The normalized spacial score (nSPS) is 12.0. The molecule has 2 aromatic heterocycles. The van der Waals surface area contributed by atoms with Gasteiger partial charge in [0.1, 0.15) is 6.61 Å². The van der Waals surface area contributed by atoms with E-state index in [1.807, 2.05) is 85.8 Å². The highest BCUT2D eigenvalue weighted by Gasteiger charge is 2.11. The molecule has 2 heterocycles. The van der Waals surface area contributed by atoms with Crippen LogP contribution in [0.25, 0.3) is 22.1 Å². The largest absolute Gasteiger partial charge is 0.490 e. The first-order valence-electron chi connectivity index (χ1n) is 10.1. The fourth-order valence-corrected chi connectivity index (χ4v) is 4.49. The Morgan fingerprint density at radius 3 is 2.61 bits per heavy atom. The van der Waals surface area contributed by atoms with Gasteiger partial charge >= 0.3 is 0 Å². The Bertz CT molecular complexity index is 1470. The van der Waals surface area contributed by atoms with E-state index in [1.54, 1.807) is 4.40 Å². The van der Waals surface area contributed by atoms with E-state index in [4.69, 9.17) is 9.47 Å². The number of hydrogen-bond acceptors (Lipinski definition) is 5. The Morgan fingerprint density at radius 1 is 0.968 bits per heavy atom. The summed E-state index contributed by atoms with van der Waals surface area (Å²) in [6, 6.07) is 23.4. The summed E-state index contributed by atoms with van der Waals surface area (Å²) in [5.74, 6) is 1.34. The fourth-order valence-electron chi connectivity index (χ4n) is 3.50. The van der Waals surface area contributed by atoms with Crippen molar-refractivity contribution in [1.29, 1.82) is 0 Å². The monoisotopic (exact) mass is 428 g/mol. The molecule has 31 heavy (non-hydrogen) atoms. The molecular weight excluding hydrogens is 408 g/mol. The summed E-state index contributed by atoms with van der Waals surface area (Å²) >= 11 is 1.39. The molecule has 5 nitrogen and oxygen atoms in total. The molecule has 0 aliphatic carbocycles. The topological polar surface area (TPSA) is 52.8 Å². The second-order valence-corrected chi connectivity index (χ2v) is 8.06. The lowest BCUT2D eigenvalue weighted by atomic mass is 10.2. The van der Waals surface area contributed by atoms with Crippen molar-refractivity contribution in [3.05, 3.63) is 98.8 Å². The molecule has 6 heteroatoms. The average molecular weight is 429 g/mol. The van der Waals surface area contributed by atoms with Crippen LogP contribution in [0.3, 0.4) is 0 Å². The van der Waals surface area contributed by atoms with Crippen molar-refractivity contribution in [3.8, 4) is 11.5 Å². The van der Waals surface area contributed by atoms with Gasteiger partial charge in [-0.2, -0.15) is 0 Å². The van der Waals surface area contributed by atoms with Crippen LogP contribution in [0.2, 0.25) is 0 Å². The second-order valence-electron chi connectivity index (χ2n) is 7.05. The van der Waals surface area contributed by atoms with Gasteiger partial charge in [0.2, 0.25) is 0 Å². The number of imidazole rings is 1. The van der Waals surface area contributed by atoms with Crippen LogP contribution in [0, 0.1) is 0 Å². The van der Waals surface area contributed by atoms with Gasteiger partial charge in [0, 0.05) is 0 Å².